The first-order valence-corrected chi connectivity index (χ1v) is 13.7. The van der Waals surface area contributed by atoms with E-state index in [4.69, 9.17) is 0 Å². The predicted octanol–water partition coefficient (Wildman–Crippen LogP) is 6.12. The van der Waals surface area contributed by atoms with Crippen molar-refractivity contribution in [1.29, 1.82) is 0 Å². The van der Waals surface area contributed by atoms with Gasteiger partial charge in [0.2, 0.25) is 0 Å². The highest BCUT2D eigenvalue weighted by molar-refractivity contribution is 5.91. The lowest BCUT2D eigenvalue weighted by Crippen LogP contribution is -2.54. The predicted molar refractivity (Wildman–Crippen MR) is 130 cm³/mol. The van der Waals surface area contributed by atoms with Gasteiger partial charge in [-0.15, -0.1) is 0 Å². The second-order valence-electron chi connectivity index (χ2n) is 12.9. The average Bonchev–Trinajstić information content (AvgIpc) is 3.11. The summed E-state index contributed by atoms with van der Waals surface area (Å²) in [6.45, 7) is 13.1. The van der Waals surface area contributed by atoms with E-state index in [9.17, 15) is 15.0 Å². The largest absolute Gasteiger partial charge is 0.390 e. The molecule has 0 heterocycles. The number of aliphatic hydroxyl groups excluding tert-OH is 2. The van der Waals surface area contributed by atoms with Crippen LogP contribution in [-0.4, -0.2) is 34.4 Å². The lowest BCUT2D eigenvalue weighted by atomic mass is 9.46. The number of fused-ring (bicyclic) bond motifs is 5. The Morgan fingerprint density at radius 3 is 2.39 bits per heavy atom. The van der Waals surface area contributed by atoms with Crippen LogP contribution in [0.5, 0.6) is 0 Å². The summed E-state index contributed by atoms with van der Waals surface area (Å²) in [4.78, 5) is 12.1. The highest BCUT2D eigenvalue weighted by Crippen LogP contribution is 2.68. The topological polar surface area (TPSA) is 57.5 Å². The maximum absolute atomic E-state index is 15.5. The molecule has 4 aliphatic rings. The van der Waals surface area contributed by atoms with E-state index in [0.29, 0.717) is 42.4 Å². The van der Waals surface area contributed by atoms with Crippen LogP contribution >= 0.6 is 0 Å². The van der Waals surface area contributed by atoms with Gasteiger partial charge in [-0.25, -0.2) is 4.39 Å². The summed E-state index contributed by atoms with van der Waals surface area (Å²) in [5.41, 5.74) is 0.690. The molecular weight excluding hydrogens is 415 g/mol. The van der Waals surface area contributed by atoms with Crippen LogP contribution in [0.15, 0.2) is 11.6 Å². The lowest BCUT2D eigenvalue weighted by molar-refractivity contribution is -0.120. The van der Waals surface area contributed by atoms with E-state index in [1.807, 2.05) is 0 Å². The number of alkyl halides is 1. The molecule has 0 spiro atoms. The Labute approximate surface area is 200 Å². The monoisotopic (exact) mass is 462 g/mol. The Balaban J connectivity index is 1.56. The number of halogens is 1. The zero-order valence-corrected chi connectivity index (χ0v) is 21.7. The summed E-state index contributed by atoms with van der Waals surface area (Å²) in [6, 6.07) is 0. The number of carbonyl (C=O) groups excluding carboxylic acids is 1. The van der Waals surface area contributed by atoms with Crippen molar-refractivity contribution in [1.82, 2.24) is 0 Å². The van der Waals surface area contributed by atoms with Crippen molar-refractivity contribution in [3.8, 4) is 0 Å². The number of hydrogen-bond donors (Lipinski definition) is 2. The van der Waals surface area contributed by atoms with E-state index in [2.05, 4.69) is 41.5 Å². The fourth-order valence-electron chi connectivity index (χ4n) is 9.37. The summed E-state index contributed by atoms with van der Waals surface area (Å²) in [5.74, 6) is 2.20. The number of hydrogen-bond acceptors (Lipinski definition) is 3. The minimum Gasteiger partial charge on any atom is -0.390 e. The molecule has 33 heavy (non-hydrogen) atoms. The molecule has 0 radical (unpaired) electrons. The lowest BCUT2D eigenvalue weighted by Gasteiger charge is -2.59. The van der Waals surface area contributed by atoms with E-state index < -0.39 is 18.4 Å². The van der Waals surface area contributed by atoms with E-state index >= 15 is 4.39 Å². The van der Waals surface area contributed by atoms with Gasteiger partial charge in [-0.1, -0.05) is 48.0 Å². The molecule has 11 atom stereocenters. The molecule has 2 N–H and O–H groups in total. The molecule has 0 aliphatic heterocycles. The van der Waals surface area contributed by atoms with Crippen molar-refractivity contribution in [3.63, 3.8) is 0 Å². The Morgan fingerprint density at radius 1 is 1.06 bits per heavy atom. The summed E-state index contributed by atoms with van der Waals surface area (Å²) in [6.07, 6.45) is 6.34. The third kappa shape index (κ3) is 3.96. The Hall–Kier alpha value is -0.740. The molecule has 0 aromatic heterocycles. The maximum atomic E-state index is 15.5. The van der Waals surface area contributed by atoms with Crippen molar-refractivity contribution in [2.24, 2.45) is 52.3 Å². The molecule has 3 saturated carbocycles. The first-order chi connectivity index (χ1) is 15.5. The van der Waals surface area contributed by atoms with Gasteiger partial charge in [0.25, 0.3) is 0 Å². The van der Waals surface area contributed by atoms with E-state index in [-0.39, 0.29) is 28.4 Å². The Morgan fingerprint density at radius 2 is 1.76 bits per heavy atom. The minimum atomic E-state index is -0.997. The van der Waals surface area contributed by atoms with Gasteiger partial charge < -0.3 is 10.2 Å². The molecule has 4 rings (SSSR count). The SMILES string of the molecule is CC[C@@H](C(C)C)[C@H](O)[C@@H](O)[C@@H](C)[C@H]1CC[C@H]2[C@@H]3C[C@H](F)C4=CC(=O)CC[C@]4(C)[C@H]3CC[C@]12C. The van der Waals surface area contributed by atoms with Crippen LogP contribution in [0.1, 0.15) is 92.9 Å². The van der Waals surface area contributed by atoms with Crippen LogP contribution in [-0.2, 0) is 4.79 Å². The van der Waals surface area contributed by atoms with Crippen LogP contribution in [0.3, 0.4) is 0 Å². The quantitative estimate of drug-likeness (QED) is 0.500. The van der Waals surface area contributed by atoms with Gasteiger partial charge in [0.05, 0.1) is 12.2 Å². The van der Waals surface area contributed by atoms with Crippen LogP contribution < -0.4 is 0 Å². The second-order valence-corrected chi connectivity index (χ2v) is 12.9. The van der Waals surface area contributed by atoms with Crippen molar-refractivity contribution in [3.05, 3.63) is 11.6 Å². The van der Waals surface area contributed by atoms with Crippen LogP contribution in [0.2, 0.25) is 0 Å². The average molecular weight is 463 g/mol. The molecule has 4 heteroatoms. The number of ketones is 1. The summed E-state index contributed by atoms with van der Waals surface area (Å²) in [5, 5.41) is 22.3. The third-order valence-electron chi connectivity index (χ3n) is 11.3. The number of allylic oxidation sites excluding steroid dienone is 1. The molecule has 0 aromatic carbocycles. The molecule has 0 saturated heterocycles. The van der Waals surface area contributed by atoms with Gasteiger partial charge in [0, 0.05) is 6.42 Å². The second kappa shape index (κ2) is 9.04. The van der Waals surface area contributed by atoms with Crippen LogP contribution in [0.4, 0.5) is 4.39 Å². The van der Waals surface area contributed by atoms with Gasteiger partial charge >= 0.3 is 0 Å². The molecule has 0 amide bonds. The van der Waals surface area contributed by atoms with Gasteiger partial charge in [-0.2, -0.15) is 0 Å². The fourth-order valence-corrected chi connectivity index (χ4v) is 9.37. The molecule has 188 valence electrons. The molecule has 3 nitrogen and oxygen atoms in total. The number of aliphatic hydroxyl groups is 2. The Kier molecular flexibility index (Phi) is 6.95. The maximum Gasteiger partial charge on any atom is 0.155 e. The summed E-state index contributed by atoms with van der Waals surface area (Å²) >= 11 is 0. The highest BCUT2D eigenvalue weighted by atomic mass is 19.1. The van der Waals surface area contributed by atoms with Crippen molar-refractivity contribution >= 4 is 5.78 Å². The number of carbonyl (C=O) groups is 1. The van der Waals surface area contributed by atoms with Crippen molar-refractivity contribution < 1.29 is 19.4 Å². The Bertz CT molecular complexity index is 777. The normalized spacial score (nSPS) is 44.4. The zero-order valence-electron chi connectivity index (χ0n) is 21.7. The first-order valence-electron chi connectivity index (χ1n) is 13.7. The van der Waals surface area contributed by atoms with E-state index in [0.717, 1.165) is 44.1 Å². The zero-order chi connectivity index (χ0) is 24.3. The fraction of sp³-hybridized carbons (Fsp3) is 0.897. The van der Waals surface area contributed by atoms with Crippen molar-refractivity contribution in [2.75, 3.05) is 0 Å². The third-order valence-corrected chi connectivity index (χ3v) is 11.3. The number of rotatable bonds is 6. The van der Waals surface area contributed by atoms with Gasteiger partial charge in [0.1, 0.15) is 6.17 Å². The molecule has 0 aromatic rings. The molecule has 0 bridgehead atoms. The highest BCUT2D eigenvalue weighted by Gasteiger charge is 2.61. The molecule has 4 aliphatic carbocycles. The smallest absolute Gasteiger partial charge is 0.155 e. The minimum absolute atomic E-state index is 0.0301. The van der Waals surface area contributed by atoms with Gasteiger partial charge in [-0.05, 0) is 102 Å². The molecular formula is C29H47FO3. The van der Waals surface area contributed by atoms with Gasteiger partial charge in [-0.3, -0.25) is 4.79 Å². The molecule has 3 fully saturated rings. The van der Waals surface area contributed by atoms with Crippen LogP contribution in [0, 0.1) is 52.3 Å². The van der Waals surface area contributed by atoms with E-state index in [1.54, 1.807) is 6.08 Å². The summed E-state index contributed by atoms with van der Waals surface area (Å²) < 4.78 is 15.5. The summed E-state index contributed by atoms with van der Waals surface area (Å²) in [7, 11) is 0. The van der Waals surface area contributed by atoms with Crippen LogP contribution in [0.25, 0.3) is 0 Å². The van der Waals surface area contributed by atoms with Crippen molar-refractivity contribution in [2.45, 2.75) is 111 Å². The first kappa shape index (κ1) is 25.4. The molecule has 0 unspecified atom stereocenters. The van der Waals surface area contributed by atoms with Gasteiger partial charge in [0.15, 0.2) is 5.78 Å². The van der Waals surface area contributed by atoms with E-state index in [1.165, 1.54) is 0 Å². The standard InChI is InChI=1S/C29H47FO3/c1-7-19(16(2)3)27(33)26(32)17(4)21-8-9-22-20-15-25(30)24-14-18(31)10-12-29(24,6)23(20)11-13-28(21,22)5/h14,16-17,19-23,25-27,32-33H,7-13,15H2,1-6H3/t17-,19-,20-,21+,22-,23-,25-,26-,27-,28+,29+/m0/s1.